The molecule has 1 aromatic heterocycles. The number of rotatable bonds is 4. The van der Waals surface area contributed by atoms with E-state index >= 15 is 0 Å². The highest BCUT2D eigenvalue weighted by Crippen LogP contribution is 2.10. The van der Waals surface area contributed by atoms with E-state index < -0.39 is 0 Å². The quantitative estimate of drug-likeness (QED) is 0.615. The number of Topliss-reactive ketones (excluding diaryl/α,β-unsaturated/α-hetero) is 1. The van der Waals surface area contributed by atoms with Crippen LogP contribution in [0.3, 0.4) is 0 Å². The van der Waals surface area contributed by atoms with E-state index in [-0.39, 0.29) is 5.78 Å². The molecule has 0 unspecified atom stereocenters. The number of pyridine rings is 1. The Morgan fingerprint density at radius 2 is 1.94 bits per heavy atom. The minimum atomic E-state index is -0.0912. The maximum Gasteiger partial charge on any atom is 0.170 e. The van der Waals surface area contributed by atoms with E-state index in [2.05, 4.69) is 4.98 Å². The Kier molecular flexibility index (Phi) is 4.26. The minimum Gasteiger partial charge on any atom is -0.293 e. The zero-order valence-corrected chi connectivity index (χ0v) is 10.3. The van der Waals surface area contributed by atoms with Crippen LogP contribution in [0.1, 0.15) is 15.9 Å². The molecule has 0 bridgehead atoms. The summed E-state index contributed by atoms with van der Waals surface area (Å²) in [5.41, 5.74) is 1.59. The van der Waals surface area contributed by atoms with Gasteiger partial charge in [0, 0.05) is 11.8 Å². The molecule has 0 saturated heterocycles. The van der Waals surface area contributed by atoms with E-state index in [1.807, 2.05) is 36.4 Å². The van der Waals surface area contributed by atoms with Crippen molar-refractivity contribution in [3.8, 4) is 0 Å². The largest absolute Gasteiger partial charge is 0.293 e. The fourth-order valence-corrected chi connectivity index (χ4v) is 1.64. The second-order valence-electron chi connectivity index (χ2n) is 3.67. The van der Waals surface area contributed by atoms with Crippen LogP contribution >= 0.6 is 11.6 Å². The van der Waals surface area contributed by atoms with Crippen LogP contribution in [0.2, 0.25) is 5.15 Å². The molecule has 18 heavy (non-hydrogen) atoms. The molecule has 2 aromatic rings. The molecule has 0 amide bonds. The predicted molar refractivity (Wildman–Crippen MR) is 73.4 cm³/mol. The number of carbonyl (C=O) groups is 1. The SMILES string of the molecule is O=C([CH]/C=C/c1ccccc1)c1ccnc(Cl)c1. The highest BCUT2D eigenvalue weighted by atomic mass is 35.5. The van der Waals surface area contributed by atoms with Gasteiger partial charge in [-0.05, 0) is 17.7 Å². The molecule has 3 heteroatoms. The van der Waals surface area contributed by atoms with Crippen LogP contribution in [-0.2, 0) is 0 Å². The summed E-state index contributed by atoms with van der Waals surface area (Å²) in [6.07, 6.45) is 6.63. The van der Waals surface area contributed by atoms with Crippen LogP contribution in [0.25, 0.3) is 6.08 Å². The van der Waals surface area contributed by atoms with Crippen LogP contribution < -0.4 is 0 Å². The van der Waals surface area contributed by atoms with Gasteiger partial charge in [0.2, 0.25) is 0 Å². The molecular formula is C15H11ClNO. The van der Waals surface area contributed by atoms with E-state index in [4.69, 9.17) is 11.6 Å². The number of nitrogens with zero attached hydrogens (tertiary/aromatic N) is 1. The number of aromatic nitrogens is 1. The lowest BCUT2D eigenvalue weighted by atomic mass is 10.1. The van der Waals surface area contributed by atoms with Gasteiger partial charge < -0.3 is 0 Å². The second-order valence-corrected chi connectivity index (χ2v) is 4.06. The Bertz CT molecular complexity index is 564. The highest BCUT2D eigenvalue weighted by Gasteiger charge is 2.04. The monoisotopic (exact) mass is 256 g/mol. The normalized spacial score (nSPS) is 10.7. The number of ketones is 1. The van der Waals surface area contributed by atoms with Gasteiger partial charge in [-0.15, -0.1) is 0 Å². The predicted octanol–water partition coefficient (Wildman–Crippen LogP) is 3.84. The van der Waals surface area contributed by atoms with E-state index in [1.165, 1.54) is 12.6 Å². The summed E-state index contributed by atoms with van der Waals surface area (Å²) in [4.78, 5) is 15.6. The Morgan fingerprint density at radius 1 is 1.17 bits per heavy atom. The summed E-state index contributed by atoms with van der Waals surface area (Å²) in [5, 5.41) is 0.321. The molecule has 0 saturated carbocycles. The fourth-order valence-electron chi connectivity index (χ4n) is 1.46. The van der Waals surface area contributed by atoms with Crippen LogP contribution in [0.5, 0.6) is 0 Å². The van der Waals surface area contributed by atoms with Crippen LogP contribution in [0.15, 0.2) is 54.7 Å². The highest BCUT2D eigenvalue weighted by molar-refractivity contribution is 6.29. The average molecular weight is 257 g/mol. The lowest BCUT2D eigenvalue weighted by Gasteiger charge is -1.97. The van der Waals surface area contributed by atoms with E-state index in [9.17, 15) is 4.79 Å². The number of hydrogen-bond donors (Lipinski definition) is 0. The number of allylic oxidation sites excluding steroid dienone is 1. The fraction of sp³-hybridized carbons (Fsp3) is 0. The maximum atomic E-state index is 11.8. The maximum absolute atomic E-state index is 11.8. The third kappa shape index (κ3) is 3.54. The summed E-state index contributed by atoms with van der Waals surface area (Å²) in [5.74, 6) is -0.0912. The van der Waals surface area contributed by atoms with Gasteiger partial charge in [0.05, 0.1) is 6.42 Å². The van der Waals surface area contributed by atoms with E-state index in [0.717, 1.165) is 5.56 Å². The molecule has 0 aliphatic heterocycles. The van der Waals surface area contributed by atoms with Crippen LogP contribution in [0, 0.1) is 6.42 Å². The van der Waals surface area contributed by atoms with Crippen molar-refractivity contribution in [2.45, 2.75) is 0 Å². The smallest absolute Gasteiger partial charge is 0.170 e. The molecule has 0 aliphatic carbocycles. The number of benzene rings is 1. The summed E-state index contributed by atoms with van der Waals surface area (Å²) in [6, 6.07) is 13.0. The molecule has 1 heterocycles. The zero-order chi connectivity index (χ0) is 12.8. The Labute approximate surface area is 111 Å². The van der Waals surface area contributed by atoms with Crippen molar-refractivity contribution < 1.29 is 4.79 Å². The molecule has 1 aromatic carbocycles. The van der Waals surface area contributed by atoms with E-state index in [1.54, 1.807) is 18.2 Å². The molecule has 2 nitrogen and oxygen atoms in total. The molecule has 1 radical (unpaired) electrons. The van der Waals surface area contributed by atoms with Gasteiger partial charge in [0.1, 0.15) is 5.15 Å². The van der Waals surface area contributed by atoms with Crippen LogP contribution in [-0.4, -0.2) is 10.8 Å². The molecule has 0 fully saturated rings. The first-order valence-corrected chi connectivity index (χ1v) is 5.86. The molecule has 89 valence electrons. The Hall–Kier alpha value is -1.93. The van der Waals surface area contributed by atoms with Gasteiger partial charge in [0.15, 0.2) is 5.78 Å². The van der Waals surface area contributed by atoms with Crippen molar-refractivity contribution in [1.82, 2.24) is 4.98 Å². The molecular weight excluding hydrogens is 246 g/mol. The van der Waals surface area contributed by atoms with Crippen molar-refractivity contribution in [2.24, 2.45) is 0 Å². The van der Waals surface area contributed by atoms with Gasteiger partial charge in [-0.2, -0.15) is 0 Å². The van der Waals surface area contributed by atoms with Crippen LogP contribution in [0.4, 0.5) is 0 Å². The average Bonchev–Trinajstić information content (AvgIpc) is 2.40. The standard InChI is InChI=1S/C15H11ClNO/c16-15-11-13(9-10-17-15)14(18)8-4-7-12-5-2-1-3-6-12/h1-11H/b7-4+. The summed E-state index contributed by atoms with van der Waals surface area (Å²) >= 11 is 5.72. The molecule has 2 rings (SSSR count). The van der Waals surface area contributed by atoms with Crippen molar-refractivity contribution in [3.05, 3.63) is 77.4 Å². The first-order valence-electron chi connectivity index (χ1n) is 5.48. The number of carbonyl (C=O) groups excluding carboxylic acids is 1. The van der Waals surface area contributed by atoms with Crippen molar-refractivity contribution in [3.63, 3.8) is 0 Å². The van der Waals surface area contributed by atoms with Gasteiger partial charge in [-0.1, -0.05) is 54.1 Å². The molecule has 0 aliphatic rings. The lowest BCUT2D eigenvalue weighted by Crippen LogP contribution is -1.98. The van der Waals surface area contributed by atoms with Gasteiger partial charge in [-0.25, -0.2) is 4.98 Å². The lowest BCUT2D eigenvalue weighted by molar-refractivity contribution is 0.103. The minimum absolute atomic E-state index is 0.0912. The third-order valence-corrected chi connectivity index (χ3v) is 2.55. The van der Waals surface area contributed by atoms with Gasteiger partial charge >= 0.3 is 0 Å². The first kappa shape index (κ1) is 12.5. The third-order valence-electron chi connectivity index (χ3n) is 2.35. The van der Waals surface area contributed by atoms with Gasteiger partial charge in [0.25, 0.3) is 0 Å². The summed E-state index contributed by atoms with van der Waals surface area (Å²) in [6.45, 7) is 0. The van der Waals surface area contributed by atoms with E-state index in [0.29, 0.717) is 10.7 Å². The number of hydrogen-bond acceptors (Lipinski definition) is 2. The van der Waals surface area contributed by atoms with Gasteiger partial charge in [-0.3, -0.25) is 4.79 Å². The molecule has 0 spiro atoms. The summed E-state index contributed by atoms with van der Waals surface area (Å²) in [7, 11) is 0. The van der Waals surface area contributed by atoms with Crippen molar-refractivity contribution in [2.75, 3.05) is 0 Å². The second kappa shape index (κ2) is 6.12. The van der Waals surface area contributed by atoms with Crippen molar-refractivity contribution in [1.29, 1.82) is 0 Å². The first-order chi connectivity index (χ1) is 8.75. The Morgan fingerprint density at radius 3 is 2.67 bits per heavy atom. The Balaban J connectivity index is 1.99. The zero-order valence-electron chi connectivity index (χ0n) is 9.58. The summed E-state index contributed by atoms with van der Waals surface area (Å²) < 4.78 is 0. The molecule has 0 atom stereocenters. The van der Waals surface area contributed by atoms with Crippen molar-refractivity contribution >= 4 is 23.5 Å². The number of halogens is 1. The molecule has 0 N–H and O–H groups in total. The topological polar surface area (TPSA) is 30.0 Å².